The molecule has 0 aliphatic heterocycles. The van der Waals surface area contributed by atoms with Crippen LogP contribution in [0.25, 0.3) is 0 Å². The standard InChI is InChI=1S/C15H13ClF3N/c1-10-5-6-13(16)8-14(10)20-9-11-3-2-4-12(7-11)15(17,18)19/h2-8,20H,9H2,1H3. The van der Waals surface area contributed by atoms with Crippen LogP contribution in [0.5, 0.6) is 0 Å². The predicted octanol–water partition coefficient (Wildman–Crippen LogP) is 5.28. The molecule has 0 bridgehead atoms. The summed E-state index contributed by atoms with van der Waals surface area (Å²) in [4.78, 5) is 0. The van der Waals surface area contributed by atoms with Gasteiger partial charge >= 0.3 is 6.18 Å². The molecule has 0 unspecified atom stereocenters. The summed E-state index contributed by atoms with van der Waals surface area (Å²) in [5, 5.41) is 3.68. The summed E-state index contributed by atoms with van der Waals surface area (Å²) >= 11 is 5.89. The molecule has 1 nitrogen and oxygen atoms in total. The van der Waals surface area contributed by atoms with E-state index in [0.29, 0.717) is 17.1 Å². The van der Waals surface area contributed by atoms with Gasteiger partial charge < -0.3 is 5.32 Å². The second-order valence-electron chi connectivity index (χ2n) is 4.51. The summed E-state index contributed by atoms with van der Waals surface area (Å²) in [6.45, 7) is 2.22. The first kappa shape index (κ1) is 14.7. The van der Waals surface area contributed by atoms with Gasteiger partial charge in [-0.1, -0.05) is 29.8 Å². The summed E-state index contributed by atoms with van der Waals surface area (Å²) in [5.74, 6) is 0. The van der Waals surface area contributed by atoms with E-state index in [4.69, 9.17) is 11.6 Å². The molecule has 0 fully saturated rings. The van der Waals surface area contributed by atoms with Gasteiger partial charge in [-0.3, -0.25) is 0 Å². The minimum Gasteiger partial charge on any atom is -0.381 e. The molecule has 0 saturated heterocycles. The lowest BCUT2D eigenvalue weighted by Crippen LogP contribution is -2.07. The van der Waals surface area contributed by atoms with Crippen molar-refractivity contribution in [1.82, 2.24) is 0 Å². The van der Waals surface area contributed by atoms with E-state index in [2.05, 4.69) is 5.32 Å². The van der Waals surface area contributed by atoms with Gasteiger partial charge in [-0.15, -0.1) is 0 Å². The van der Waals surface area contributed by atoms with Crippen LogP contribution in [0.2, 0.25) is 5.02 Å². The number of rotatable bonds is 3. The van der Waals surface area contributed by atoms with E-state index in [1.54, 1.807) is 18.2 Å². The second-order valence-corrected chi connectivity index (χ2v) is 4.95. The molecular weight excluding hydrogens is 287 g/mol. The topological polar surface area (TPSA) is 12.0 Å². The molecule has 0 heterocycles. The van der Waals surface area contributed by atoms with Gasteiger partial charge in [-0.25, -0.2) is 0 Å². The van der Waals surface area contributed by atoms with Crippen LogP contribution in [0.3, 0.4) is 0 Å². The Morgan fingerprint density at radius 2 is 1.85 bits per heavy atom. The van der Waals surface area contributed by atoms with Crippen molar-refractivity contribution in [2.24, 2.45) is 0 Å². The van der Waals surface area contributed by atoms with Gasteiger partial charge in [0.2, 0.25) is 0 Å². The van der Waals surface area contributed by atoms with E-state index in [0.717, 1.165) is 23.4 Å². The third-order valence-corrected chi connectivity index (χ3v) is 3.17. The monoisotopic (exact) mass is 299 g/mol. The van der Waals surface area contributed by atoms with Crippen molar-refractivity contribution in [3.8, 4) is 0 Å². The van der Waals surface area contributed by atoms with Crippen LogP contribution in [-0.4, -0.2) is 0 Å². The van der Waals surface area contributed by atoms with Gasteiger partial charge in [0.05, 0.1) is 5.56 Å². The Morgan fingerprint density at radius 1 is 1.10 bits per heavy atom. The van der Waals surface area contributed by atoms with Gasteiger partial charge in [-0.05, 0) is 42.3 Å². The molecule has 0 spiro atoms. The lowest BCUT2D eigenvalue weighted by Gasteiger charge is -2.12. The maximum atomic E-state index is 12.6. The van der Waals surface area contributed by atoms with Crippen LogP contribution in [0, 0.1) is 6.92 Å². The van der Waals surface area contributed by atoms with Crippen molar-refractivity contribution >= 4 is 17.3 Å². The SMILES string of the molecule is Cc1ccc(Cl)cc1NCc1cccc(C(F)(F)F)c1. The van der Waals surface area contributed by atoms with E-state index >= 15 is 0 Å². The number of halogens is 4. The smallest absolute Gasteiger partial charge is 0.381 e. The Morgan fingerprint density at radius 3 is 2.55 bits per heavy atom. The fraction of sp³-hybridized carbons (Fsp3) is 0.200. The maximum Gasteiger partial charge on any atom is 0.416 e. The van der Waals surface area contributed by atoms with Gasteiger partial charge in [-0.2, -0.15) is 13.2 Å². The molecule has 0 aliphatic rings. The lowest BCUT2D eigenvalue weighted by atomic mass is 10.1. The molecule has 5 heteroatoms. The molecule has 2 aromatic carbocycles. The predicted molar refractivity (Wildman–Crippen MR) is 75.0 cm³/mol. The van der Waals surface area contributed by atoms with Crippen LogP contribution >= 0.6 is 11.6 Å². The first-order valence-electron chi connectivity index (χ1n) is 6.02. The van der Waals surface area contributed by atoms with Crippen molar-refractivity contribution in [1.29, 1.82) is 0 Å². The van der Waals surface area contributed by atoms with Crippen LogP contribution in [-0.2, 0) is 12.7 Å². The normalized spacial score (nSPS) is 11.4. The van der Waals surface area contributed by atoms with Crippen LogP contribution in [0.15, 0.2) is 42.5 Å². The number of hydrogen-bond acceptors (Lipinski definition) is 1. The quantitative estimate of drug-likeness (QED) is 0.813. The van der Waals surface area contributed by atoms with E-state index < -0.39 is 11.7 Å². The van der Waals surface area contributed by atoms with Crippen molar-refractivity contribution in [3.05, 3.63) is 64.2 Å². The molecule has 0 saturated carbocycles. The molecule has 0 aliphatic carbocycles. The van der Waals surface area contributed by atoms with Gasteiger partial charge in [0.1, 0.15) is 0 Å². The van der Waals surface area contributed by atoms with E-state index in [9.17, 15) is 13.2 Å². The van der Waals surface area contributed by atoms with Crippen molar-refractivity contribution in [2.45, 2.75) is 19.6 Å². The van der Waals surface area contributed by atoms with Gasteiger partial charge in [0.15, 0.2) is 0 Å². The Hall–Kier alpha value is -1.68. The highest BCUT2D eigenvalue weighted by atomic mass is 35.5. The molecule has 2 rings (SSSR count). The Labute approximate surface area is 120 Å². The fourth-order valence-electron chi connectivity index (χ4n) is 1.84. The van der Waals surface area contributed by atoms with Gasteiger partial charge in [0, 0.05) is 17.3 Å². The number of anilines is 1. The Bertz CT molecular complexity index is 608. The molecule has 0 amide bonds. The molecule has 106 valence electrons. The first-order chi connectivity index (χ1) is 9.36. The number of nitrogens with one attached hydrogen (secondary N) is 1. The summed E-state index contributed by atoms with van der Waals surface area (Å²) in [5.41, 5.74) is 1.73. The average Bonchev–Trinajstić information content (AvgIpc) is 2.39. The molecule has 0 aromatic heterocycles. The Balaban J connectivity index is 2.13. The minimum atomic E-state index is -4.32. The van der Waals surface area contributed by atoms with E-state index in [1.165, 1.54) is 6.07 Å². The van der Waals surface area contributed by atoms with E-state index in [-0.39, 0.29) is 0 Å². The summed E-state index contributed by atoms with van der Waals surface area (Å²) in [6.07, 6.45) is -4.32. The van der Waals surface area contributed by atoms with Crippen LogP contribution in [0.4, 0.5) is 18.9 Å². The summed E-state index contributed by atoms with van der Waals surface area (Å²) in [6, 6.07) is 10.7. The zero-order valence-electron chi connectivity index (χ0n) is 10.8. The van der Waals surface area contributed by atoms with Crippen molar-refractivity contribution in [2.75, 3.05) is 5.32 Å². The van der Waals surface area contributed by atoms with Crippen LogP contribution in [0.1, 0.15) is 16.7 Å². The zero-order chi connectivity index (χ0) is 14.8. The number of aryl methyl sites for hydroxylation is 1. The van der Waals surface area contributed by atoms with Crippen molar-refractivity contribution in [3.63, 3.8) is 0 Å². The minimum absolute atomic E-state index is 0.311. The molecule has 0 radical (unpaired) electrons. The number of benzene rings is 2. The fourth-order valence-corrected chi connectivity index (χ4v) is 2.01. The highest BCUT2D eigenvalue weighted by Gasteiger charge is 2.30. The third kappa shape index (κ3) is 3.67. The number of hydrogen-bond donors (Lipinski definition) is 1. The molecular formula is C15H13ClF3N. The van der Waals surface area contributed by atoms with Crippen LogP contribution < -0.4 is 5.32 Å². The molecule has 20 heavy (non-hydrogen) atoms. The molecule has 1 N–H and O–H groups in total. The highest BCUT2D eigenvalue weighted by Crippen LogP contribution is 2.29. The molecule has 2 aromatic rings. The lowest BCUT2D eigenvalue weighted by molar-refractivity contribution is -0.137. The highest BCUT2D eigenvalue weighted by molar-refractivity contribution is 6.30. The maximum absolute atomic E-state index is 12.6. The summed E-state index contributed by atoms with van der Waals surface area (Å²) in [7, 11) is 0. The summed E-state index contributed by atoms with van der Waals surface area (Å²) < 4.78 is 37.8. The van der Waals surface area contributed by atoms with Gasteiger partial charge in [0.25, 0.3) is 0 Å². The average molecular weight is 300 g/mol. The van der Waals surface area contributed by atoms with Crippen molar-refractivity contribution < 1.29 is 13.2 Å². The molecule has 0 atom stereocenters. The first-order valence-corrected chi connectivity index (χ1v) is 6.40. The Kier molecular flexibility index (Phi) is 4.23. The number of alkyl halides is 3. The third-order valence-electron chi connectivity index (χ3n) is 2.94. The van der Waals surface area contributed by atoms with E-state index in [1.807, 2.05) is 13.0 Å². The zero-order valence-corrected chi connectivity index (χ0v) is 11.5. The largest absolute Gasteiger partial charge is 0.416 e. The second kappa shape index (κ2) is 5.75.